The van der Waals surface area contributed by atoms with E-state index in [1.807, 2.05) is 20.8 Å². The third-order valence-electron chi connectivity index (χ3n) is 4.47. The Labute approximate surface area is 169 Å². The predicted octanol–water partition coefficient (Wildman–Crippen LogP) is 3.27. The van der Waals surface area contributed by atoms with Crippen molar-refractivity contribution in [2.75, 3.05) is 17.2 Å². The molecular weight excluding hydrogens is 380 g/mol. The molecule has 1 heterocycles. The average molecular weight is 407 g/mol. The second-order valence-corrected chi connectivity index (χ2v) is 7.58. The molecule has 0 aliphatic carbocycles. The van der Waals surface area contributed by atoms with Crippen molar-refractivity contribution in [2.45, 2.75) is 46.6 Å². The summed E-state index contributed by atoms with van der Waals surface area (Å²) in [7, 11) is 0. The van der Waals surface area contributed by atoms with Crippen LogP contribution in [0.15, 0.2) is 33.9 Å². The molecule has 0 aliphatic heterocycles. The number of H-pyrrole nitrogens is 1. The molecule has 0 radical (unpaired) electrons. The first-order valence-electron chi connectivity index (χ1n) is 9.46. The van der Waals surface area contributed by atoms with Crippen molar-refractivity contribution in [1.29, 1.82) is 0 Å². The predicted molar refractivity (Wildman–Crippen MR) is 113 cm³/mol. The highest BCUT2D eigenvalue weighted by Gasteiger charge is 2.25. The summed E-state index contributed by atoms with van der Waals surface area (Å²) < 4.78 is 1.31. The third-order valence-corrected chi connectivity index (χ3v) is 4.70. The number of carbonyl (C=O) groups excluding carboxylic acids is 1. The lowest BCUT2D eigenvalue weighted by molar-refractivity contribution is 0.0985. The highest BCUT2D eigenvalue weighted by molar-refractivity contribution is 6.31. The zero-order valence-electron chi connectivity index (χ0n) is 16.5. The van der Waals surface area contributed by atoms with Gasteiger partial charge in [-0.15, -0.1) is 0 Å². The van der Waals surface area contributed by atoms with Gasteiger partial charge in [-0.2, -0.15) is 0 Å². The Morgan fingerprint density at radius 2 is 2.04 bits per heavy atom. The Bertz CT molecular complexity index is 949. The van der Waals surface area contributed by atoms with Gasteiger partial charge >= 0.3 is 5.69 Å². The van der Waals surface area contributed by atoms with Gasteiger partial charge in [0.05, 0.1) is 0 Å². The molecular formula is C20H27ClN4O3. The number of nitrogens with one attached hydrogen (secondary N) is 1. The van der Waals surface area contributed by atoms with Gasteiger partial charge in [0.25, 0.3) is 11.5 Å². The SMILES string of the molecule is CCCCn1c(N)c(N(CCC(C)C)C(=O)c2cccc(Cl)c2)c(=O)[nH]c1=O. The van der Waals surface area contributed by atoms with Gasteiger partial charge in [0, 0.05) is 23.7 Å². The van der Waals surface area contributed by atoms with Gasteiger partial charge in [-0.3, -0.25) is 19.1 Å². The van der Waals surface area contributed by atoms with E-state index in [1.165, 1.54) is 9.47 Å². The largest absolute Gasteiger partial charge is 0.383 e. The Morgan fingerprint density at radius 3 is 2.64 bits per heavy atom. The molecule has 2 aromatic rings. The molecule has 1 amide bonds. The average Bonchev–Trinajstić information content (AvgIpc) is 2.63. The van der Waals surface area contributed by atoms with Crippen LogP contribution >= 0.6 is 11.6 Å². The fourth-order valence-corrected chi connectivity index (χ4v) is 3.05. The van der Waals surface area contributed by atoms with Crippen LogP contribution in [0.1, 0.15) is 50.4 Å². The van der Waals surface area contributed by atoms with Crippen molar-refractivity contribution in [3.8, 4) is 0 Å². The van der Waals surface area contributed by atoms with Gasteiger partial charge in [-0.05, 0) is 37.0 Å². The van der Waals surface area contributed by atoms with Gasteiger partial charge in [0.2, 0.25) is 0 Å². The Balaban J connectivity index is 2.58. The number of rotatable bonds is 8. The van der Waals surface area contributed by atoms with Crippen LogP contribution in [0.4, 0.5) is 11.5 Å². The normalized spacial score (nSPS) is 11.0. The minimum absolute atomic E-state index is 0.00123. The van der Waals surface area contributed by atoms with Gasteiger partial charge in [-0.25, -0.2) is 4.79 Å². The number of nitrogen functional groups attached to an aromatic ring is 1. The fraction of sp³-hybridized carbons (Fsp3) is 0.450. The highest BCUT2D eigenvalue weighted by atomic mass is 35.5. The molecule has 1 aromatic heterocycles. The van der Waals surface area contributed by atoms with Gasteiger partial charge < -0.3 is 10.6 Å². The van der Waals surface area contributed by atoms with E-state index in [0.717, 1.165) is 12.8 Å². The number of anilines is 2. The first-order chi connectivity index (χ1) is 13.3. The van der Waals surface area contributed by atoms with Crippen LogP contribution in [0.25, 0.3) is 0 Å². The zero-order chi connectivity index (χ0) is 20.8. The lowest BCUT2D eigenvalue weighted by Crippen LogP contribution is -2.42. The van der Waals surface area contributed by atoms with E-state index in [9.17, 15) is 14.4 Å². The topological polar surface area (TPSA) is 101 Å². The number of nitrogens with two attached hydrogens (primary N) is 1. The van der Waals surface area contributed by atoms with E-state index in [2.05, 4.69) is 4.98 Å². The number of nitrogens with zero attached hydrogens (tertiary/aromatic N) is 2. The van der Waals surface area contributed by atoms with Gasteiger partial charge in [0.1, 0.15) is 5.82 Å². The zero-order valence-corrected chi connectivity index (χ0v) is 17.3. The number of aromatic nitrogens is 2. The number of benzene rings is 1. The summed E-state index contributed by atoms with van der Waals surface area (Å²) in [6.07, 6.45) is 2.25. The maximum absolute atomic E-state index is 13.2. The van der Waals surface area contributed by atoms with E-state index in [-0.39, 0.29) is 17.4 Å². The van der Waals surface area contributed by atoms with E-state index in [4.69, 9.17) is 17.3 Å². The number of hydrogen-bond donors (Lipinski definition) is 2. The van der Waals surface area contributed by atoms with E-state index >= 15 is 0 Å². The van der Waals surface area contributed by atoms with Crippen molar-refractivity contribution in [2.24, 2.45) is 5.92 Å². The molecule has 0 saturated heterocycles. The Kier molecular flexibility index (Phi) is 7.45. The van der Waals surface area contributed by atoms with Gasteiger partial charge in [-0.1, -0.05) is 44.9 Å². The van der Waals surface area contributed by atoms with Crippen LogP contribution in [0.5, 0.6) is 0 Å². The molecule has 0 bridgehead atoms. The van der Waals surface area contributed by atoms with E-state index in [1.54, 1.807) is 24.3 Å². The summed E-state index contributed by atoms with van der Waals surface area (Å²) in [5.41, 5.74) is 5.31. The second-order valence-electron chi connectivity index (χ2n) is 7.15. The number of hydrogen-bond acceptors (Lipinski definition) is 4. The van der Waals surface area contributed by atoms with Gasteiger partial charge in [0.15, 0.2) is 5.69 Å². The first-order valence-corrected chi connectivity index (χ1v) is 9.84. The van der Waals surface area contributed by atoms with Crippen molar-refractivity contribution in [3.63, 3.8) is 0 Å². The van der Waals surface area contributed by atoms with Crippen molar-refractivity contribution < 1.29 is 4.79 Å². The number of aromatic amines is 1. The molecule has 7 nitrogen and oxygen atoms in total. The van der Waals surface area contributed by atoms with Crippen LogP contribution in [-0.2, 0) is 6.54 Å². The first kappa shape index (κ1) is 21.8. The molecule has 0 saturated carbocycles. The number of halogens is 1. The molecule has 0 spiro atoms. The molecule has 152 valence electrons. The minimum Gasteiger partial charge on any atom is -0.383 e. The van der Waals surface area contributed by atoms with Crippen molar-refractivity contribution >= 4 is 29.0 Å². The maximum atomic E-state index is 13.2. The summed E-state index contributed by atoms with van der Waals surface area (Å²) in [5, 5.41) is 0.421. The molecule has 0 atom stereocenters. The second kappa shape index (κ2) is 9.59. The number of amides is 1. The van der Waals surface area contributed by atoms with Crippen LogP contribution < -0.4 is 21.9 Å². The molecule has 0 aliphatic rings. The molecule has 28 heavy (non-hydrogen) atoms. The smallest absolute Gasteiger partial charge is 0.330 e. The van der Waals surface area contributed by atoms with E-state index in [0.29, 0.717) is 36.0 Å². The lowest BCUT2D eigenvalue weighted by atomic mass is 10.1. The quantitative estimate of drug-likeness (QED) is 0.702. The summed E-state index contributed by atoms with van der Waals surface area (Å²) in [6, 6.07) is 6.52. The monoisotopic (exact) mass is 406 g/mol. The standard InChI is InChI=1S/C20H27ClN4O3/c1-4-5-10-25-17(22)16(18(26)23-20(25)28)24(11-9-13(2)3)19(27)14-7-6-8-15(21)12-14/h6-8,12-13H,4-5,9-11,22H2,1-3H3,(H,23,26,28). The minimum atomic E-state index is -0.672. The van der Waals surface area contributed by atoms with Crippen LogP contribution in [-0.4, -0.2) is 22.0 Å². The van der Waals surface area contributed by atoms with E-state index < -0.39 is 11.2 Å². The molecule has 0 unspecified atom stereocenters. The summed E-state index contributed by atoms with van der Waals surface area (Å²) >= 11 is 6.02. The molecule has 0 fully saturated rings. The fourth-order valence-electron chi connectivity index (χ4n) is 2.86. The van der Waals surface area contributed by atoms with Crippen LogP contribution in [0.3, 0.4) is 0 Å². The molecule has 1 aromatic carbocycles. The molecule has 2 rings (SSSR count). The Morgan fingerprint density at radius 1 is 1.32 bits per heavy atom. The molecule has 3 N–H and O–H groups in total. The third kappa shape index (κ3) is 5.04. The summed E-state index contributed by atoms with van der Waals surface area (Å²) in [6.45, 7) is 6.71. The molecule has 8 heteroatoms. The summed E-state index contributed by atoms with van der Waals surface area (Å²) in [5.74, 6) is -0.0802. The summed E-state index contributed by atoms with van der Waals surface area (Å²) in [4.78, 5) is 41.6. The highest BCUT2D eigenvalue weighted by Crippen LogP contribution is 2.22. The van der Waals surface area contributed by atoms with Crippen molar-refractivity contribution in [3.05, 3.63) is 55.7 Å². The Hall–Kier alpha value is -2.54. The number of unbranched alkanes of at least 4 members (excludes halogenated alkanes) is 1. The van der Waals surface area contributed by atoms with Crippen LogP contribution in [0, 0.1) is 5.92 Å². The van der Waals surface area contributed by atoms with Crippen LogP contribution in [0.2, 0.25) is 5.02 Å². The van der Waals surface area contributed by atoms with Crippen molar-refractivity contribution in [1.82, 2.24) is 9.55 Å². The number of carbonyl (C=O) groups is 1. The maximum Gasteiger partial charge on any atom is 0.330 e. The lowest BCUT2D eigenvalue weighted by Gasteiger charge is -2.25.